The van der Waals surface area contributed by atoms with Crippen LogP contribution in [0.1, 0.15) is 55.8 Å². The van der Waals surface area contributed by atoms with E-state index in [4.69, 9.17) is 16.3 Å². The minimum atomic E-state index is -0.162. The first kappa shape index (κ1) is 21.9. The zero-order valence-corrected chi connectivity index (χ0v) is 20.3. The van der Waals surface area contributed by atoms with Gasteiger partial charge in [0.15, 0.2) is 5.13 Å². The third kappa shape index (κ3) is 3.96. The molecular weight excluding hydrogens is 444 g/mol. The van der Waals surface area contributed by atoms with Crippen LogP contribution in [0.5, 0.6) is 0 Å². The molecule has 2 aromatic rings. The van der Waals surface area contributed by atoms with Crippen LogP contribution in [0.3, 0.4) is 0 Å². The van der Waals surface area contributed by atoms with Crippen LogP contribution in [-0.2, 0) is 20.9 Å². The molecule has 1 heterocycles. The molecule has 4 saturated carbocycles. The summed E-state index contributed by atoms with van der Waals surface area (Å²) in [7, 11) is 0. The fraction of sp³-hybridized carbons (Fsp3) is 0.560. The summed E-state index contributed by atoms with van der Waals surface area (Å²) in [5, 5.41) is 2.90. The monoisotopic (exact) mass is 472 g/mol. The number of hydrogen-bond acceptors (Lipinski definition) is 5. The van der Waals surface area contributed by atoms with Crippen molar-refractivity contribution in [1.29, 1.82) is 0 Å². The molecule has 0 saturated heterocycles. The minimum absolute atomic E-state index is 0.0589. The Bertz CT molecular complexity index is 1010. The third-order valence-electron chi connectivity index (χ3n) is 7.53. The molecule has 6 rings (SSSR count). The first-order valence-corrected chi connectivity index (χ1v) is 12.7. The van der Waals surface area contributed by atoms with Gasteiger partial charge in [-0.2, -0.15) is 0 Å². The average molecular weight is 473 g/mol. The molecule has 0 radical (unpaired) electrons. The zero-order chi connectivity index (χ0) is 22.6. The number of aromatic nitrogens is 1. The van der Waals surface area contributed by atoms with Crippen molar-refractivity contribution in [1.82, 2.24) is 4.98 Å². The molecule has 1 aromatic carbocycles. The van der Waals surface area contributed by atoms with Crippen molar-refractivity contribution in [3.8, 4) is 0 Å². The van der Waals surface area contributed by atoms with E-state index in [2.05, 4.69) is 4.98 Å². The van der Waals surface area contributed by atoms with Gasteiger partial charge in [-0.15, -0.1) is 11.3 Å². The molecule has 4 bridgehead atoms. The van der Waals surface area contributed by atoms with Gasteiger partial charge in [-0.3, -0.25) is 14.5 Å². The van der Waals surface area contributed by atoms with Crippen LogP contribution in [0.25, 0.3) is 0 Å². The lowest BCUT2D eigenvalue weighted by Crippen LogP contribution is -2.48. The highest BCUT2D eigenvalue weighted by Crippen LogP contribution is 2.56. The lowest BCUT2D eigenvalue weighted by Gasteiger charge is -2.53. The van der Waals surface area contributed by atoms with Crippen molar-refractivity contribution in [2.45, 2.75) is 59.5 Å². The van der Waals surface area contributed by atoms with Gasteiger partial charge >= 0.3 is 5.97 Å². The standard InChI is InChI=1S/C25H29ClN2O3S/c1-13-4-14(2)23(21(26)5-13)28(15(3)29)25-27-20(12-32-25)11-31-24(30)22-18-7-16-6-17(9-18)10-19(22)8-16/h4-5,12,16-19,22H,6-11H2,1-3H3. The first-order chi connectivity index (χ1) is 15.3. The van der Waals surface area contributed by atoms with Gasteiger partial charge in [0.2, 0.25) is 5.91 Å². The Balaban J connectivity index is 1.29. The smallest absolute Gasteiger partial charge is 0.309 e. The number of hydrogen-bond donors (Lipinski definition) is 0. The highest BCUT2D eigenvalue weighted by atomic mass is 35.5. The van der Waals surface area contributed by atoms with E-state index in [0.29, 0.717) is 33.4 Å². The fourth-order valence-corrected chi connectivity index (χ4v) is 7.86. The van der Waals surface area contributed by atoms with E-state index in [1.165, 1.54) is 50.4 Å². The normalized spacial score (nSPS) is 28.1. The van der Waals surface area contributed by atoms with Crippen molar-refractivity contribution in [2.24, 2.45) is 29.6 Å². The number of ether oxygens (including phenoxy) is 1. The molecule has 0 N–H and O–H groups in total. The van der Waals surface area contributed by atoms with E-state index in [1.807, 2.05) is 31.4 Å². The van der Waals surface area contributed by atoms with E-state index in [0.717, 1.165) is 23.0 Å². The largest absolute Gasteiger partial charge is 0.459 e. The molecule has 1 aromatic heterocycles. The van der Waals surface area contributed by atoms with Gasteiger partial charge in [0.25, 0.3) is 0 Å². The number of carbonyl (C=O) groups is 2. The Hall–Kier alpha value is -1.92. The molecule has 0 unspecified atom stereocenters. The number of amides is 1. The molecule has 0 aliphatic heterocycles. The van der Waals surface area contributed by atoms with Crippen molar-refractivity contribution in [2.75, 3.05) is 4.90 Å². The molecule has 5 nitrogen and oxygen atoms in total. The molecule has 4 aliphatic rings. The van der Waals surface area contributed by atoms with E-state index < -0.39 is 0 Å². The van der Waals surface area contributed by atoms with Crippen LogP contribution < -0.4 is 4.90 Å². The van der Waals surface area contributed by atoms with Gasteiger partial charge in [-0.05, 0) is 86.8 Å². The second kappa shape index (κ2) is 8.45. The number of rotatable bonds is 5. The number of thiazole rings is 1. The number of benzene rings is 1. The number of anilines is 2. The van der Waals surface area contributed by atoms with Crippen molar-refractivity contribution in [3.05, 3.63) is 39.4 Å². The molecule has 4 fully saturated rings. The summed E-state index contributed by atoms with van der Waals surface area (Å²) in [5.41, 5.74) is 3.26. The van der Waals surface area contributed by atoms with Crippen LogP contribution in [0.2, 0.25) is 5.02 Å². The Morgan fingerprint density at radius 1 is 1.12 bits per heavy atom. The van der Waals surface area contributed by atoms with Crippen LogP contribution in [-0.4, -0.2) is 16.9 Å². The summed E-state index contributed by atoms with van der Waals surface area (Å²) in [6.07, 6.45) is 6.14. The predicted octanol–water partition coefficient (Wildman–Crippen LogP) is 6.21. The second-order valence-corrected chi connectivity index (χ2v) is 11.2. The van der Waals surface area contributed by atoms with Crippen LogP contribution in [0.4, 0.5) is 10.8 Å². The number of esters is 1. The summed E-state index contributed by atoms with van der Waals surface area (Å²) in [4.78, 5) is 31.6. The van der Waals surface area contributed by atoms with Gasteiger partial charge in [-0.1, -0.05) is 17.7 Å². The maximum absolute atomic E-state index is 13.0. The Kier molecular flexibility index (Phi) is 5.79. The summed E-state index contributed by atoms with van der Waals surface area (Å²) in [6.45, 7) is 5.55. The molecule has 7 heteroatoms. The number of halogens is 1. The zero-order valence-electron chi connectivity index (χ0n) is 18.8. The summed E-state index contributed by atoms with van der Waals surface area (Å²) < 4.78 is 5.75. The number of nitrogens with zero attached hydrogens (tertiary/aromatic N) is 2. The fourth-order valence-electron chi connectivity index (χ4n) is 6.60. The average Bonchev–Trinajstić information content (AvgIpc) is 3.16. The highest BCUT2D eigenvalue weighted by Gasteiger charge is 2.51. The molecule has 4 aliphatic carbocycles. The van der Waals surface area contributed by atoms with Crippen LogP contribution in [0, 0.1) is 43.4 Å². The van der Waals surface area contributed by atoms with Gasteiger partial charge < -0.3 is 4.74 Å². The minimum Gasteiger partial charge on any atom is -0.459 e. The summed E-state index contributed by atoms with van der Waals surface area (Å²) in [6, 6.07) is 3.85. The lowest BCUT2D eigenvalue weighted by atomic mass is 9.52. The summed E-state index contributed by atoms with van der Waals surface area (Å²) in [5.74, 6) is 2.51. The van der Waals surface area contributed by atoms with Crippen LogP contribution >= 0.6 is 22.9 Å². The summed E-state index contributed by atoms with van der Waals surface area (Å²) >= 11 is 7.85. The molecule has 32 heavy (non-hydrogen) atoms. The first-order valence-electron chi connectivity index (χ1n) is 11.5. The maximum Gasteiger partial charge on any atom is 0.309 e. The molecular formula is C25H29ClN2O3S. The lowest BCUT2D eigenvalue weighted by molar-refractivity contribution is -0.163. The van der Waals surface area contributed by atoms with Gasteiger partial charge in [0.05, 0.1) is 22.3 Å². The van der Waals surface area contributed by atoms with Crippen molar-refractivity contribution >= 4 is 45.6 Å². The van der Waals surface area contributed by atoms with E-state index in [-0.39, 0.29) is 24.4 Å². The topological polar surface area (TPSA) is 59.5 Å². The van der Waals surface area contributed by atoms with E-state index in [1.54, 1.807) is 4.90 Å². The second-order valence-electron chi connectivity index (χ2n) is 9.95. The van der Waals surface area contributed by atoms with Crippen LogP contribution in [0.15, 0.2) is 17.5 Å². The third-order valence-corrected chi connectivity index (χ3v) is 8.69. The van der Waals surface area contributed by atoms with Gasteiger partial charge in [-0.25, -0.2) is 4.98 Å². The molecule has 0 spiro atoms. The van der Waals surface area contributed by atoms with Gasteiger partial charge in [0.1, 0.15) is 6.61 Å². The SMILES string of the molecule is CC(=O)N(c1nc(COC(=O)C2C3CC4CC(C3)CC2C4)cs1)c1c(C)cc(C)cc1Cl. The van der Waals surface area contributed by atoms with Gasteiger partial charge in [0, 0.05) is 12.3 Å². The van der Waals surface area contributed by atoms with Crippen molar-refractivity contribution in [3.63, 3.8) is 0 Å². The Morgan fingerprint density at radius 3 is 2.38 bits per heavy atom. The Labute approximate surface area is 198 Å². The quantitative estimate of drug-likeness (QED) is 0.485. The molecule has 0 atom stereocenters. The maximum atomic E-state index is 13.0. The van der Waals surface area contributed by atoms with E-state index in [9.17, 15) is 9.59 Å². The number of aryl methyl sites for hydroxylation is 2. The van der Waals surface area contributed by atoms with E-state index >= 15 is 0 Å². The highest BCUT2D eigenvalue weighted by molar-refractivity contribution is 7.14. The van der Waals surface area contributed by atoms with Crippen molar-refractivity contribution < 1.29 is 14.3 Å². The molecule has 1 amide bonds. The number of carbonyl (C=O) groups excluding carboxylic acids is 2. The molecule has 170 valence electrons. The predicted molar refractivity (Wildman–Crippen MR) is 126 cm³/mol. The Morgan fingerprint density at radius 2 is 1.78 bits per heavy atom.